The highest BCUT2D eigenvalue weighted by Gasteiger charge is 2.05. The summed E-state index contributed by atoms with van der Waals surface area (Å²) >= 11 is 1.79. The maximum atomic E-state index is 6.04. The lowest BCUT2D eigenvalue weighted by Gasteiger charge is -2.11. The predicted molar refractivity (Wildman–Crippen MR) is 70.3 cm³/mol. The maximum Gasteiger partial charge on any atom is 0.0386 e. The molecule has 0 aliphatic carbocycles. The van der Waals surface area contributed by atoms with E-state index in [1.54, 1.807) is 11.8 Å². The van der Waals surface area contributed by atoms with E-state index in [0.29, 0.717) is 0 Å². The van der Waals surface area contributed by atoms with Crippen LogP contribution in [0.25, 0.3) is 0 Å². The van der Waals surface area contributed by atoms with Crippen molar-refractivity contribution in [3.63, 3.8) is 0 Å². The van der Waals surface area contributed by atoms with Gasteiger partial charge in [-0.3, -0.25) is 0 Å². The third-order valence-corrected chi connectivity index (χ3v) is 3.09. The van der Waals surface area contributed by atoms with Crippen LogP contribution in [0.5, 0.6) is 0 Å². The van der Waals surface area contributed by atoms with Gasteiger partial charge in [-0.2, -0.15) is 11.8 Å². The summed E-state index contributed by atoms with van der Waals surface area (Å²) in [7, 11) is 0. The van der Waals surface area contributed by atoms with E-state index in [-0.39, 0.29) is 6.04 Å². The molecule has 0 heterocycles. The van der Waals surface area contributed by atoms with E-state index in [2.05, 4.69) is 44.4 Å². The summed E-state index contributed by atoms with van der Waals surface area (Å²) in [5.41, 5.74) is 8.69. The molecule has 0 aliphatic rings. The van der Waals surface area contributed by atoms with Gasteiger partial charge in [-0.15, -0.1) is 0 Å². The lowest BCUT2D eigenvalue weighted by molar-refractivity contribution is 0.647. The highest BCUT2D eigenvalue weighted by atomic mass is 32.2. The van der Waals surface area contributed by atoms with Crippen molar-refractivity contribution >= 4 is 11.8 Å². The molecule has 15 heavy (non-hydrogen) atoms. The van der Waals surface area contributed by atoms with Gasteiger partial charge in [0.05, 0.1) is 0 Å². The van der Waals surface area contributed by atoms with Gasteiger partial charge in [-0.05, 0) is 29.7 Å². The van der Waals surface area contributed by atoms with Gasteiger partial charge in [0.1, 0.15) is 0 Å². The van der Waals surface area contributed by atoms with E-state index < -0.39 is 0 Å². The third-order valence-electron chi connectivity index (χ3n) is 2.40. The van der Waals surface area contributed by atoms with E-state index >= 15 is 0 Å². The van der Waals surface area contributed by atoms with E-state index in [9.17, 15) is 0 Å². The molecular formula is C13H21NS. The second kappa shape index (κ2) is 6.19. The summed E-state index contributed by atoms with van der Waals surface area (Å²) < 4.78 is 0. The van der Waals surface area contributed by atoms with Gasteiger partial charge in [0.15, 0.2) is 0 Å². The standard InChI is InChI=1S/C13H21NS/c1-10(2)8-11-4-6-12(7-5-11)13(14)9-15-3/h4-7,10,13H,8-9,14H2,1-3H3. The number of nitrogens with two attached hydrogens (primary N) is 1. The van der Waals surface area contributed by atoms with Crippen LogP contribution in [0, 0.1) is 5.92 Å². The molecule has 0 saturated heterocycles. The molecule has 2 N–H and O–H groups in total. The summed E-state index contributed by atoms with van der Waals surface area (Å²) in [6, 6.07) is 8.91. The Morgan fingerprint density at radius 3 is 2.27 bits per heavy atom. The molecule has 84 valence electrons. The van der Waals surface area contributed by atoms with Crippen molar-refractivity contribution in [2.24, 2.45) is 11.7 Å². The second-order valence-corrected chi connectivity index (χ2v) is 5.31. The lowest BCUT2D eigenvalue weighted by atomic mass is 10.0. The highest BCUT2D eigenvalue weighted by molar-refractivity contribution is 7.98. The second-order valence-electron chi connectivity index (χ2n) is 4.40. The minimum Gasteiger partial charge on any atom is -0.323 e. The monoisotopic (exact) mass is 223 g/mol. The molecule has 1 unspecified atom stereocenters. The lowest BCUT2D eigenvalue weighted by Crippen LogP contribution is -2.12. The van der Waals surface area contributed by atoms with Crippen molar-refractivity contribution in [3.05, 3.63) is 35.4 Å². The quantitative estimate of drug-likeness (QED) is 0.829. The summed E-state index contributed by atoms with van der Waals surface area (Å²) in [5, 5.41) is 0. The van der Waals surface area contributed by atoms with E-state index in [4.69, 9.17) is 5.73 Å². The average molecular weight is 223 g/mol. The zero-order valence-corrected chi connectivity index (χ0v) is 10.7. The molecule has 0 radical (unpaired) electrons. The average Bonchev–Trinajstić information content (AvgIpc) is 2.18. The minimum absolute atomic E-state index is 0.174. The van der Waals surface area contributed by atoms with Crippen molar-refractivity contribution in [1.29, 1.82) is 0 Å². The number of hydrogen-bond donors (Lipinski definition) is 1. The van der Waals surface area contributed by atoms with Crippen LogP contribution in [0.2, 0.25) is 0 Å². The topological polar surface area (TPSA) is 26.0 Å². The van der Waals surface area contributed by atoms with Crippen molar-refractivity contribution in [1.82, 2.24) is 0 Å². The van der Waals surface area contributed by atoms with Gasteiger partial charge in [-0.25, -0.2) is 0 Å². The van der Waals surface area contributed by atoms with Crippen LogP contribution in [0.3, 0.4) is 0 Å². The zero-order valence-electron chi connectivity index (χ0n) is 9.86. The smallest absolute Gasteiger partial charge is 0.0386 e. The predicted octanol–water partition coefficient (Wildman–Crippen LogP) is 3.25. The number of hydrogen-bond acceptors (Lipinski definition) is 2. The molecule has 0 aromatic heterocycles. The SMILES string of the molecule is CSCC(N)c1ccc(CC(C)C)cc1. The van der Waals surface area contributed by atoms with Gasteiger partial charge in [0.25, 0.3) is 0 Å². The summed E-state index contributed by atoms with van der Waals surface area (Å²) in [6.45, 7) is 4.49. The molecule has 1 rings (SSSR count). The summed E-state index contributed by atoms with van der Waals surface area (Å²) in [5.74, 6) is 1.71. The van der Waals surface area contributed by atoms with E-state index in [1.807, 2.05) is 0 Å². The minimum atomic E-state index is 0.174. The Labute approximate surface area is 97.4 Å². The van der Waals surface area contributed by atoms with Gasteiger partial charge >= 0.3 is 0 Å². The first-order chi connectivity index (χ1) is 7.13. The molecule has 2 heteroatoms. The fourth-order valence-corrected chi connectivity index (χ4v) is 2.20. The Morgan fingerprint density at radius 2 is 1.80 bits per heavy atom. The molecule has 0 bridgehead atoms. The molecule has 0 fully saturated rings. The highest BCUT2D eigenvalue weighted by Crippen LogP contribution is 2.16. The Kier molecular flexibility index (Phi) is 5.20. The van der Waals surface area contributed by atoms with Crippen molar-refractivity contribution in [3.8, 4) is 0 Å². The van der Waals surface area contributed by atoms with E-state index in [1.165, 1.54) is 11.1 Å². The van der Waals surface area contributed by atoms with Gasteiger partial charge in [0, 0.05) is 11.8 Å². The number of rotatable bonds is 5. The fourth-order valence-electron chi connectivity index (χ4n) is 1.65. The molecule has 0 spiro atoms. The van der Waals surface area contributed by atoms with Gasteiger partial charge in [0.2, 0.25) is 0 Å². The molecular weight excluding hydrogens is 202 g/mol. The van der Waals surface area contributed by atoms with Crippen LogP contribution < -0.4 is 5.73 Å². The van der Waals surface area contributed by atoms with Gasteiger partial charge in [-0.1, -0.05) is 38.1 Å². The third kappa shape index (κ3) is 4.27. The Morgan fingerprint density at radius 1 is 1.20 bits per heavy atom. The van der Waals surface area contributed by atoms with Crippen molar-refractivity contribution in [2.45, 2.75) is 26.3 Å². The fraction of sp³-hybridized carbons (Fsp3) is 0.538. The maximum absolute atomic E-state index is 6.04. The summed E-state index contributed by atoms with van der Waals surface area (Å²) in [6.07, 6.45) is 3.24. The zero-order chi connectivity index (χ0) is 11.3. The normalized spacial score (nSPS) is 13.1. The molecule has 1 aromatic rings. The van der Waals surface area contributed by atoms with E-state index in [0.717, 1.165) is 18.1 Å². The van der Waals surface area contributed by atoms with Crippen molar-refractivity contribution in [2.75, 3.05) is 12.0 Å². The molecule has 1 atom stereocenters. The van der Waals surface area contributed by atoms with Crippen LogP contribution in [-0.2, 0) is 6.42 Å². The van der Waals surface area contributed by atoms with Crippen LogP contribution in [0.4, 0.5) is 0 Å². The molecule has 0 aliphatic heterocycles. The number of benzene rings is 1. The molecule has 0 saturated carbocycles. The number of thioether (sulfide) groups is 1. The summed E-state index contributed by atoms with van der Waals surface area (Å²) in [4.78, 5) is 0. The molecule has 1 aromatic carbocycles. The Balaban J connectivity index is 2.63. The van der Waals surface area contributed by atoms with Crippen molar-refractivity contribution < 1.29 is 0 Å². The van der Waals surface area contributed by atoms with Crippen LogP contribution in [-0.4, -0.2) is 12.0 Å². The largest absolute Gasteiger partial charge is 0.323 e. The Bertz CT molecular complexity index is 279. The first kappa shape index (κ1) is 12.6. The van der Waals surface area contributed by atoms with Gasteiger partial charge < -0.3 is 5.73 Å². The van der Waals surface area contributed by atoms with Crippen LogP contribution in [0.1, 0.15) is 31.0 Å². The first-order valence-corrected chi connectivity index (χ1v) is 6.86. The Hall–Kier alpha value is -0.470. The first-order valence-electron chi connectivity index (χ1n) is 5.47. The van der Waals surface area contributed by atoms with Crippen LogP contribution >= 0.6 is 11.8 Å². The molecule has 1 nitrogen and oxygen atoms in total. The van der Waals surface area contributed by atoms with Crippen LogP contribution in [0.15, 0.2) is 24.3 Å². The molecule has 0 amide bonds.